The van der Waals surface area contributed by atoms with Crippen LogP contribution in [0.2, 0.25) is 5.15 Å². The number of nitrogens with zero attached hydrogens (tertiary/aromatic N) is 2. The first-order valence-electron chi connectivity index (χ1n) is 6.46. The van der Waals surface area contributed by atoms with Crippen LogP contribution < -0.4 is 5.32 Å². The Kier molecular flexibility index (Phi) is 4.27. The molecule has 1 amide bonds. The molecule has 118 valence electrons. The monoisotopic (exact) mass is 325 g/mol. The molecule has 22 heavy (non-hydrogen) atoms. The van der Waals surface area contributed by atoms with E-state index in [0.29, 0.717) is 5.65 Å². The van der Waals surface area contributed by atoms with Crippen molar-refractivity contribution in [3.05, 3.63) is 29.0 Å². The topological polar surface area (TPSA) is 81.9 Å². The van der Waals surface area contributed by atoms with E-state index in [1.54, 1.807) is 20.8 Å². The highest BCUT2D eigenvalue weighted by atomic mass is 35.5. The summed E-state index contributed by atoms with van der Waals surface area (Å²) < 4.78 is 11.3. The normalized spacial score (nSPS) is 11.3. The molecule has 0 bridgehead atoms. The Hall–Kier alpha value is -2.28. The minimum Gasteiger partial charge on any atom is -0.465 e. The molecular formula is C14H16ClN3O4. The van der Waals surface area contributed by atoms with Crippen molar-refractivity contribution in [2.75, 3.05) is 12.4 Å². The third kappa shape index (κ3) is 3.67. The number of nitrogens with one attached hydrogen (secondary N) is 1. The summed E-state index contributed by atoms with van der Waals surface area (Å²) in [4.78, 5) is 27.4. The van der Waals surface area contributed by atoms with Crippen molar-refractivity contribution in [3.8, 4) is 0 Å². The van der Waals surface area contributed by atoms with Crippen molar-refractivity contribution in [1.82, 2.24) is 9.38 Å². The number of carbonyl (C=O) groups is 2. The van der Waals surface area contributed by atoms with E-state index in [1.807, 2.05) is 0 Å². The highest BCUT2D eigenvalue weighted by Gasteiger charge is 2.18. The molecule has 0 radical (unpaired) electrons. The molecule has 2 heterocycles. The average Bonchev–Trinajstić information content (AvgIpc) is 2.78. The molecule has 7 nitrogen and oxygen atoms in total. The van der Waals surface area contributed by atoms with Gasteiger partial charge in [0.05, 0.1) is 18.9 Å². The Morgan fingerprint density at radius 3 is 2.59 bits per heavy atom. The number of esters is 1. The summed E-state index contributed by atoms with van der Waals surface area (Å²) in [7, 11) is 1.28. The van der Waals surface area contributed by atoms with Crippen LogP contribution in [-0.2, 0) is 9.47 Å². The van der Waals surface area contributed by atoms with E-state index in [2.05, 4.69) is 15.0 Å². The zero-order chi connectivity index (χ0) is 16.5. The summed E-state index contributed by atoms with van der Waals surface area (Å²) >= 11 is 6.09. The molecule has 8 heteroatoms. The molecule has 0 atom stereocenters. The molecule has 2 aromatic rings. The number of carbonyl (C=O) groups excluding carboxylic acids is 2. The van der Waals surface area contributed by atoms with E-state index < -0.39 is 17.7 Å². The van der Waals surface area contributed by atoms with Crippen LogP contribution in [-0.4, -0.2) is 34.2 Å². The minimum absolute atomic E-state index is 0.262. The van der Waals surface area contributed by atoms with Gasteiger partial charge in [-0.05, 0) is 32.9 Å². The maximum Gasteiger partial charge on any atom is 0.413 e. The zero-order valence-electron chi connectivity index (χ0n) is 12.6. The predicted octanol–water partition coefficient (Wildman–Crippen LogP) is 3.12. The van der Waals surface area contributed by atoms with Gasteiger partial charge in [-0.1, -0.05) is 11.6 Å². The van der Waals surface area contributed by atoms with Gasteiger partial charge in [0, 0.05) is 0 Å². The summed E-state index contributed by atoms with van der Waals surface area (Å²) in [6.07, 6.45) is 0.906. The first-order valence-corrected chi connectivity index (χ1v) is 6.84. The van der Waals surface area contributed by atoms with Crippen LogP contribution in [0.3, 0.4) is 0 Å². The maximum absolute atomic E-state index is 11.7. The second kappa shape index (κ2) is 5.84. The molecule has 2 aromatic heterocycles. The number of fused-ring (bicyclic) bond motifs is 1. The van der Waals surface area contributed by atoms with Gasteiger partial charge in [0.1, 0.15) is 16.4 Å². The van der Waals surface area contributed by atoms with Crippen LogP contribution in [0, 0.1) is 0 Å². The predicted molar refractivity (Wildman–Crippen MR) is 81.4 cm³/mol. The number of halogens is 1. The molecule has 1 N–H and O–H groups in total. The first kappa shape index (κ1) is 16.1. The van der Waals surface area contributed by atoms with Crippen molar-refractivity contribution in [1.29, 1.82) is 0 Å². The molecule has 0 aliphatic rings. The number of ether oxygens (including phenoxy) is 2. The zero-order valence-corrected chi connectivity index (χ0v) is 13.4. The van der Waals surface area contributed by atoms with Gasteiger partial charge in [-0.2, -0.15) is 0 Å². The molecule has 0 spiro atoms. The van der Waals surface area contributed by atoms with Crippen LogP contribution in [0.1, 0.15) is 31.1 Å². The van der Waals surface area contributed by atoms with Crippen molar-refractivity contribution in [3.63, 3.8) is 0 Å². The van der Waals surface area contributed by atoms with Gasteiger partial charge in [0.25, 0.3) is 0 Å². The SMILES string of the molecule is COC(=O)c1cc(Cl)n2cc(NC(=O)OC(C)(C)C)nc2c1. The number of imidazole rings is 1. The molecule has 0 aliphatic heterocycles. The van der Waals surface area contributed by atoms with Gasteiger partial charge in [0.2, 0.25) is 0 Å². The Balaban J connectivity index is 2.29. The number of aromatic nitrogens is 2. The Labute approximate surface area is 132 Å². The molecular weight excluding hydrogens is 310 g/mol. The van der Waals surface area contributed by atoms with Crippen LogP contribution in [0.4, 0.5) is 10.6 Å². The van der Waals surface area contributed by atoms with E-state index in [1.165, 1.54) is 29.8 Å². The van der Waals surface area contributed by atoms with Crippen LogP contribution in [0.25, 0.3) is 5.65 Å². The smallest absolute Gasteiger partial charge is 0.413 e. The summed E-state index contributed by atoms with van der Waals surface area (Å²) in [6, 6.07) is 2.97. The van der Waals surface area contributed by atoms with Crippen LogP contribution in [0.15, 0.2) is 18.3 Å². The maximum atomic E-state index is 11.7. The van der Waals surface area contributed by atoms with Gasteiger partial charge in [-0.25, -0.2) is 14.6 Å². The van der Waals surface area contributed by atoms with E-state index in [-0.39, 0.29) is 16.5 Å². The molecule has 0 aromatic carbocycles. The van der Waals surface area contributed by atoms with Gasteiger partial charge in [-0.3, -0.25) is 9.72 Å². The number of hydrogen-bond donors (Lipinski definition) is 1. The molecule has 2 rings (SSSR count). The van der Waals surface area contributed by atoms with Crippen molar-refractivity contribution in [2.45, 2.75) is 26.4 Å². The highest BCUT2D eigenvalue weighted by molar-refractivity contribution is 6.30. The van der Waals surface area contributed by atoms with Crippen LogP contribution >= 0.6 is 11.6 Å². The highest BCUT2D eigenvalue weighted by Crippen LogP contribution is 2.20. The fraction of sp³-hybridized carbons (Fsp3) is 0.357. The lowest BCUT2D eigenvalue weighted by Gasteiger charge is -2.18. The second-order valence-electron chi connectivity index (χ2n) is 5.54. The van der Waals surface area contributed by atoms with E-state index in [9.17, 15) is 9.59 Å². The number of anilines is 1. The standard InChI is InChI=1S/C14H16ClN3O4/c1-14(2,3)22-13(20)17-10-7-18-9(15)5-8(12(19)21-4)6-11(18)16-10/h5-7H,1-4H3,(H,17,20). The summed E-state index contributed by atoms with van der Waals surface area (Å²) in [5, 5.41) is 2.78. The van der Waals surface area contributed by atoms with E-state index in [0.717, 1.165) is 0 Å². The average molecular weight is 326 g/mol. The summed E-state index contributed by atoms with van der Waals surface area (Å²) in [5.41, 5.74) is 0.0623. The van der Waals surface area contributed by atoms with Gasteiger partial charge in [-0.15, -0.1) is 0 Å². The van der Waals surface area contributed by atoms with Crippen molar-refractivity contribution < 1.29 is 19.1 Å². The molecule has 0 aliphatic carbocycles. The Morgan fingerprint density at radius 2 is 2.00 bits per heavy atom. The number of hydrogen-bond acceptors (Lipinski definition) is 5. The lowest BCUT2D eigenvalue weighted by molar-refractivity contribution is 0.0598. The summed E-state index contributed by atoms with van der Waals surface area (Å²) in [5.74, 6) is -0.257. The van der Waals surface area contributed by atoms with Crippen LogP contribution in [0.5, 0.6) is 0 Å². The molecule has 0 saturated carbocycles. The molecule has 0 saturated heterocycles. The van der Waals surface area contributed by atoms with Crippen molar-refractivity contribution >= 4 is 35.1 Å². The summed E-state index contributed by atoms with van der Waals surface area (Å²) in [6.45, 7) is 5.28. The number of methoxy groups -OCH3 is 1. The van der Waals surface area contributed by atoms with Gasteiger partial charge < -0.3 is 9.47 Å². The minimum atomic E-state index is -0.625. The van der Waals surface area contributed by atoms with Gasteiger partial charge in [0.15, 0.2) is 5.82 Å². The van der Waals surface area contributed by atoms with E-state index >= 15 is 0 Å². The molecule has 0 unspecified atom stereocenters. The number of amides is 1. The number of pyridine rings is 1. The van der Waals surface area contributed by atoms with Gasteiger partial charge >= 0.3 is 12.1 Å². The van der Waals surface area contributed by atoms with E-state index in [4.69, 9.17) is 16.3 Å². The second-order valence-corrected chi connectivity index (χ2v) is 5.93. The van der Waals surface area contributed by atoms with Crippen molar-refractivity contribution in [2.24, 2.45) is 0 Å². The molecule has 0 fully saturated rings. The fourth-order valence-corrected chi connectivity index (χ4v) is 2.00. The third-order valence-corrected chi connectivity index (χ3v) is 2.86. The lowest BCUT2D eigenvalue weighted by Crippen LogP contribution is -2.27. The number of rotatable bonds is 2. The first-order chi connectivity index (χ1) is 10.2. The largest absolute Gasteiger partial charge is 0.465 e. The Bertz CT molecular complexity index is 733. The fourth-order valence-electron chi connectivity index (χ4n) is 1.75. The Morgan fingerprint density at radius 1 is 1.32 bits per heavy atom. The quantitative estimate of drug-likeness (QED) is 0.677. The third-order valence-electron chi connectivity index (χ3n) is 2.57. The lowest BCUT2D eigenvalue weighted by atomic mass is 10.2.